The van der Waals surface area contributed by atoms with Gasteiger partial charge in [-0.1, -0.05) is 0 Å². The zero-order valence-electron chi connectivity index (χ0n) is 16.2. The van der Waals surface area contributed by atoms with Crippen LogP contribution in [0.15, 0.2) is 17.2 Å². The summed E-state index contributed by atoms with van der Waals surface area (Å²) >= 11 is 0. The van der Waals surface area contributed by atoms with E-state index >= 15 is 0 Å². The molecule has 0 bridgehead atoms. The first-order chi connectivity index (χ1) is 13.6. The molecule has 3 N–H and O–H groups in total. The highest BCUT2D eigenvalue weighted by Gasteiger charge is 2.32. The molecule has 0 atom stereocenters. The van der Waals surface area contributed by atoms with Crippen LogP contribution < -0.4 is 24.8 Å². The Hall–Kier alpha value is -2.97. The summed E-state index contributed by atoms with van der Waals surface area (Å²) in [5.74, 6) is -0.349. The minimum Gasteiger partial charge on any atom is -0.633 e. The molecule has 1 aliphatic rings. The van der Waals surface area contributed by atoms with Crippen LogP contribution in [0.4, 0.5) is 17.7 Å². The number of nitrogens with one attached hydrogen (secondary N) is 1. The van der Waals surface area contributed by atoms with Gasteiger partial charge in [0.05, 0.1) is 47.4 Å². The van der Waals surface area contributed by atoms with E-state index in [1.54, 1.807) is 11.9 Å². The average molecular weight is 426 g/mol. The Bertz CT molecular complexity index is 965. The number of hydrogen-bond donors (Lipinski definition) is 2. The number of ether oxygens (including phenoxy) is 2. The van der Waals surface area contributed by atoms with Gasteiger partial charge in [0.25, 0.3) is 10.0 Å². The minimum absolute atomic E-state index is 0.0945. The summed E-state index contributed by atoms with van der Waals surface area (Å²) < 4.78 is 38.1. The molecule has 0 spiro atoms. The topological polar surface area (TPSA) is 169 Å². The van der Waals surface area contributed by atoms with Crippen LogP contribution in [0.25, 0.3) is 0 Å². The van der Waals surface area contributed by atoms with Gasteiger partial charge in [0.1, 0.15) is 5.82 Å². The number of aromatic nitrogens is 4. The van der Waals surface area contributed by atoms with Gasteiger partial charge in [0.2, 0.25) is 28.6 Å². The van der Waals surface area contributed by atoms with Crippen molar-refractivity contribution < 1.29 is 22.5 Å². The predicted octanol–water partition coefficient (Wildman–Crippen LogP) is -0.569. The second kappa shape index (κ2) is 7.81. The highest BCUT2D eigenvalue weighted by atomic mass is 32.2. The number of sulfonamides is 1. The third-order valence-corrected chi connectivity index (χ3v) is 5.66. The van der Waals surface area contributed by atoms with E-state index in [2.05, 4.69) is 24.7 Å². The molecule has 1 aliphatic heterocycles. The van der Waals surface area contributed by atoms with Crippen LogP contribution in [0.1, 0.15) is 0 Å². The molecule has 0 saturated carbocycles. The molecule has 0 aliphatic carbocycles. The number of hydroxylamine groups is 3. The molecule has 13 nitrogen and oxygen atoms in total. The quantitative estimate of drug-likeness (QED) is 0.448. The maximum Gasteiger partial charge on any atom is 0.275 e. The van der Waals surface area contributed by atoms with Gasteiger partial charge in [-0.15, -0.1) is 0 Å². The molecule has 0 unspecified atom stereocenters. The van der Waals surface area contributed by atoms with Crippen LogP contribution >= 0.6 is 0 Å². The number of piperazine rings is 1. The molecule has 2 aromatic heterocycles. The number of methoxy groups -OCH3 is 2. The van der Waals surface area contributed by atoms with E-state index < -0.39 is 14.9 Å². The van der Waals surface area contributed by atoms with Crippen molar-refractivity contribution in [2.75, 3.05) is 62.8 Å². The van der Waals surface area contributed by atoms with Gasteiger partial charge < -0.3 is 30.0 Å². The fourth-order valence-electron chi connectivity index (χ4n) is 2.73. The van der Waals surface area contributed by atoms with E-state index in [1.165, 1.54) is 26.5 Å². The first kappa shape index (κ1) is 20.8. The molecule has 0 amide bonds. The second-order valence-electron chi connectivity index (χ2n) is 6.51. The summed E-state index contributed by atoms with van der Waals surface area (Å²) in [5.41, 5.74) is 5.56. The van der Waals surface area contributed by atoms with E-state index in [1.807, 2.05) is 0 Å². The molecule has 158 valence electrons. The Morgan fingerprint density at radius 2 is 1.76 bits per heavy atom. The molecular formula is C15H22N8O5S. The minimum atomic E-state index is -4.26. The van der Waals surface area contributed by atoms with Gasteiger partial charge in [0, 0.05) is 6.20 Å². The van der Waals surface area contributed by atoms with E-state index in [4.69, 9.17) is 15.2 Å². The molecule has 3 rings (SSSR count). The number of likely N-dealkylation sites (N-methyl/N-ethyl adjacent to an activating group) is 1. The summed E-state index contributed by atoms with van der Waals surface area (Å²) in [6.45, 7) is 1.52. The van der Waals surface area contributed by atoms with E-state index in [0.29, 0.717) is 26.2 Å². The van der Waals surface area contributed by atoms with Gasteiger partial charge in [-0.25, -0.2) is 18.1 Å². The second-order valence-corrected chi connectivity index (χ2v) is 8.13. The average Bonchev–Trinajstić information content (AvgIpc) is 2.66. The smallest absolute Gasteiger partial charge is 0.275 e. The maximum atomic E-state index is 12.9. The Kier molecular flexibility index (Phi) is 5.59. The molecule has 0 radical (unpaired) electrons. The van der Waals surface area contributed by atoms with Crippen LogP contribution in [-0.2, 0) is 10.0 Å². The van der Waals surface area contributed by atoms with Crippen LogP contribution in [0.5, 0.6) is 11.8 Å². The Labute approximate surface area is 167 Å². The van der Waals surface area contributed by atoms with Gasteiger partial charge in [0.15, 0.2) is 0 Å². The Morgan fingerprint density at radius 1 is 1.17 bits per heavy atom. The number of nitrogens with zero attached hydrogens (tertiary/aromatic N) is 6. The lowest BCUT2D eigenvalue weighted by Crippen LogP contribution is -2.54. The molecular weight excluding hydrogens is 404 g/mol. The van der Waals surface area contributed by atoms with Crippen molar-refractivity contribution in [3.05, 3.63) is 17.5 Å². The van der Waals surface area contributed by atoms with Crippen molar-refractivity contribution in [1.29, 1.82) is 0 Å². The van der Waals surface area contributed by atoms with Crippen LogP contribution in [0.2, 0.25) is 0 Å². The third-order valence-electron chi connectivity index (χ3n) is 4.32. The van der Waals surface area contributed by atoms with E-state index in [9.17, 15) is 13.6 Å². The molecule has 1 fully saturated rings. The van der Waals surface area contributed by atoms with Crippen molar-refractivity contribution >= 4 is 27.7 Å². The maximum absolute atomic E-state index is 12.9. The molecule has 0 aromatic carbocycles. The number of nitrogens with two attached hydrogens (primary N) is 1. The zero-order chi connectivity index (χ0) is 21.2. The fourth-order valence-corrected chi connectivity index (χ4v) is 3.89. The van der Waals surface area contributed by atoms with Crippen molar-refractivity contribution in [3.63, 3.8) is 0 Å². The standard InChI is InChI=1S/C15H22N8O5S/c1-23(24)8-6-22(7-9-23)15-19-12(27-2)11(13(20-15)28-3)29(25,26)21-14-17-5-4-10(16)18-14/h4-5H,6-9H2,1-3H3,(H3,16,17,18,21). The number of hydrogen-bond acceptors (Lipinski definition) is 11. The first-order valence-corrected chi connectivity index (χ1v) is 10.1. The summed E-state index contributed by atoms with van der Waals surface area (Å²) in [5, 5.41) is 12.0. The third kappa shape index (κ3) is 4.55. The highest BCUT2D eigenvalue weighted by molar-refractivity contribution is 7.93. The summed E-state index contributed by atoms with van der Waals surface area (Å²) in [6.07, 6.45) is 1.31. The van der Waals surface area contributed by atoms with E-state index in [0.717, 1.165) is 0 Å². The number of anilines is 3. The van der Waals surface area contributed by atoms with Gasteiger partial charge in [-0.05, 0) is 6.07 Å². The number of nitrogen functional groups attached to an aromatic ring is 1. The summed E-state index contributed by atoms with van der Waals surface area (Å²) in [7, 11) is -0.100. The van der Waals surface area contributed by atoms with Gasteiger partial charge >= 0.3 is 0 Å². The number of quaternary nitrogens is 1. The van der Waals surface area contributed by atoms with Crippen LogP contribution in [0, 0.1) is 5.21 Å². The first-order valence-electron chi connectivity index (χ1n) is 8.57. The van der Waals surface area contributed by atoms with Gasteiger partial charge in [-0.3, -0.25) is 0 Å². The highest BCUT2D eigenvalue weighted by Crippen LogP contribution is 2.33. The Balaban J connectivity index is 1.98. The molecule has 29 heavy (non-hydrogen) atoms. The predicted molar refractivity (Wildman–Crippen MR) is 104 cm³/mol. The fraction of sp³-hybridized carbons (Fsp3) is 0.467. The largest absolute Gasteiger partial charge is 0.633 e. The Morgan fingerprint density at radius 3 is 2.28 bits per heavy atom. The molecule has 1 saturated heterocycles. The monoisotopic (exact) mass is 426 g/mol. The van der Waals surface area contributed by atoms with Crippen molar-refractivity contribution in [3.8, 4) is 11.8 Å². The lowest BCUT2D eigenvalue weighted by molar-refractivity contribution is -0.861. The molecule has 14 heteroatoms. The van der Waals surface area contributed by atoms with Crippen molar-refractivity contribution in [2.24, 2.45) is 0 Å². The van der Waals surface area contributed by atoms with Gasteiger partial charge in [-0.2, -0.15) is 15.0 Å². The lowest BCUT2D eigenvalue weighted by atomic mass is 10.3. The van der Waals surface area contributed by atoms with Crippen LogP contribution in [0.3, 0.4) is 0 Å². The van der Waals surface area contributed by atoms with Crippen molar-refractivity contribution in [1.82, 2.24) is 19.9 Å². The zero-order valence-corrected chi connectivity index (χ0v) is 17.0. The molecule has 3 heterocycles. The van der Waals surface area contributed by atoms with Crippen molar-refractivity contribution in [2.45, 2.75) is 4.90 Å². The summed E-state index contributed by atoms with van der Waals surface area (Å²) in [4.78, 5) is 17.4. The lowest BCUT2D eigenvalue weighted by Gasteiger charge is -2.45. The van der Waals surface area contributed by atoms with Crippen LogP contribution in [-0.4, -0.2) is 80.4 Å². The van der Waals surface area contributed by atoms with E-state index in [-0.39, 0.29) is 34.1 Å². The molecule has 2 aromatic rings. The SMILES string of the molecule is COc1nc(N2CC[N+](C)([O-])CC2)nc(OC)c1S(=O)(=O)Nc1nccc(N)n1. The summed E-state index contributed by atoms with van der Waals surface area (Å²) in [6, 6.07) is 1.42. The number of rotatable bonds is 6. The normalized spacial score (nSPS) is 16.3.